The zero-order valence-electron chi connectivity index (χ0n) is 15.2. The molecule has 2 aromatic carbocycles. The van der Waals surface area contributed by atoms with Crippen molar-refractivity contribution in [2.24, 2.45) is 0 Å². The molecule has 1 heterocycles. The highest BCUT2D eigenvalue weighted by Crippen LogP contribution is 2.14. The smallest absolute Gasteiger partial charge is 0.251 e. The van der Waals surface area contributed by atoms with Crippen molar-refractivity contribution in [1.82, 2.24) is 9.88 Å². The number of rotatable bonds is 5. The Labute approximate surface area is 161 Å². The molecule has 0 saturated heterocycles. The molecule has 0 bridgehead atoms. The van der Waals surface area contributed by atoms with Crippen LogP contribution in [-0.2, 0) is 11.3 Å². The third-order valence-corrected chi connectivity index (χ3v) is 4.17. The predicted octanol–water partition coefficient (Wildman–Crippen LogP) is 2.26. The summed E-state index contributed by atoms with van der Waals surface area (Å²) in [6.07, 6.45) is 1.38. The van der Waals surface area contributed by atoms with Gasteiger partial charge in [-0.1, -0.05) is 18.2 Å². The molecule has 0 radical (unpaired) electrons. The fourth-order valence-corrected chi connectivity index (χ4v) is 2.91. The van der Waals surface area contributed by atoms with Gasteiger partial charge in [0.2, 0.25) is 11.3 Å². The molecule has 3 rings (SSSR count). The normalized spacial score (nSPS) is 10.3. The van der Waals surface area contributed by atoms with Gasteiger partial charge in [-0.15, -0.1) is 0 Å². The maximum Gasteiger partial charge on any atom is 0.251 e. The van der Waals surface area contributed by atoms with E-state index in [4.69, 9.17) is 0 Å². The van der Waals surface area contributed by atoms with Crippen molar-refractivity contribution in [2.75, 3.05) is 11.9 Å². The van der Waals surface area contributed by atoms with Crippen LogP contribution in [-0.4, -0.2) is 22.9 Å². The first-order valence-electron chi connectivity index (χ1n) is 8.74. The summed E-state index contributed by atoms with van der Waals surface area (Å²) in [5, 5.41) is 15.0. The first-order valence-corrected chi connectivity index (χ1v) is 8.74. The summed E-state index contributed by atoms with van der Waals surface area (Å²) in [6.45, 7) is 2.25. The number of nitrogens with zero attached hydrogens (tertiary/aromatic N) is 2. The summed E-state index contributed by atoms with van der Waals surface area (Å²) in [4.78, 5) is 36.7. The monoisotopic (exact) mass is 374 g/mol. The topological polar surface area (TPSA) is 104 Å². The number of para-hydroxylation sites is 1. The summed E-state index contributed by atoms with van der Waals surface area (Å²) in [6, 6.07) is 15.3. The third-order valence-electron chi connectivity index (χ3n) is 4.17. The average molecular weight is 374 g/mol. The second-order valence-electron chi connectivity index (χ2n) is 6.12. The van der Waals surface area contributed by atoms with Gasteiger partial charge in [0.1, 0.15) is 18.2 Å². The first-order chi connectivity index (χ1) is 13.5. The van der Waals surface area contributed by atoms with Crippen LogP contribution in [0.2, 0.25) is 0 Å². The number of amides is 2. The summed E-state index contributed by atoms with van der Waals surface area (Å²) < 4.78 is 1.57. The molecule has 3 aromatic rings. The number of carbonyl (C=O) groups is 2. The number of benzene rings is 2. The van der Waals surface area contributed by atoms with Gasteiger partial charge in [0.15, 0.2) is 0 Å². The van der Waals surface area contributed by atoms with Gasteiger partial charge in [-0.25, -0.2) is 0 Å². The van der Waals surface area contributed by atoms with Gasteiger partial charge in [-0.3, -0.25) is 14.4 Å². The predicted molar refractivity (Wildman–Crippen MR) is 106 cm³/mol. The molecule has 2 amide bonds. The summed E-state index contributed by atoms with van der Waals surface area (Å²) in [5.74, 6) is -0.561. The van der Waals surface area contributed by atoms with Crippen molar-refractivity contribution < 1.29 is 9.59 Å². The molecule has 0 fully saturated rings. The number of hydrogen-bond donors (Lipinski definition) is 2. The molecule has 0 atom stereocenters. The van der Waals surface area contributed by atoms with E-state index < -0.39 is 0 Å². The van der Waals surface area contributed by atoms with Crippen LogP contribution in [0.1, 0.15) is 22.8 Å². The second-order valence-corrected chi connectivity index (χ2v) is 6.12. The lowest BCUT2D eigenvalue weighted by Gasteiger charge is -2.12. The Balaban J connectivity index is 1.86. The van der Waals surface area contributed by atoms with Crippen molar-refractivity contribution in [3.8, 4) is 6.07 Å². The Bertz CT molecular complexity index is 1160. The molecule has 7 nitrogen and oxygen atoms in total. The first kappa shape index (κ1) is 18.9. The van der Waals surface area contributed by atoms with Crippen molar-refractivity contribution in [3.63, 3.8) is 0 Å². The van der Waals surface area contributed by atoms with Crippen molar-refractivity contribution in [1.29, 1.82) is 5.26 Å². The standard InChI is InChI=1S/C21H18N4O3/c1-2-23-21(28)14-6-5-7-16(10-14)24-19(26)13-25-12-15(11-22)20(27)17-8-3-4-9-18(17)25/h3-10,12H,2,13H2,1H3,(H,23,28)(H,24,26). The average Bonchev–Trinajstić information content (AvgIpc) is 2.70. The van der Waals surface area contributed by atoms with Gasteiger partial charge in [0.05, 0.1) is 5.52 Å². The number of nitriles is 1. The van der Waals surface area contributed by atoms with Gasteiger partial charge in [0.25, 0.3) is 5.91 Å². The summed E-state index contributed by atoms with van der Waals surface area (Å²) in [7, 11) is 0. The molecule has 140 valence electrons. The fraction of sp³-hybridized carbons (Fsp3) is 0.143. The largest absolute Gasteiger partial charge is 0.352 e. The zero-order chi connectivity index (χ0) is 20.1. The van der Waals surface area contributed by atoms with Crippen LogP contribution < -0.4 is 16.1 Å². The van der Waals surface area contributed by atoms with Gasteiger partial charge in [-0.05, 0) is 37.3 Å². The number of aromatic nitrogens is 1. The van der Waals surface area contributed by atoms with E-state index in [0.29, 0.717) is 28.7 Å². The van der Waals surface area contributed by atoms with E-state index >= 15 is 0 Å². The lowest BCUT2D eigenvalue weighted by atomic mass is 10.1. The number of fused-ring (bicyclic) bond motifs is 1. The minimum Gasteiger partial charge on any atom is -0.352 e. The Morgan fingerprint density at radius 3 is 2.68 bits per heavy atom. The Kier molecular flexibility index (Phi) is 5.51. The van der Waals surface area contributed by atoms with E-state index in [0.717, 1.165) is 0 Å². The van der Waals surface area contributed by atoms with Crippen LogP contribution in [0.5, 0.6) is 0 Å². The molecule has 0 saturated carbocycles. The molecular formula is C21H18N4O3. The molecule has 1 aromatic heterocycles. The molecule has 0 aliphatic rings. The van der Waals surface area contributed by atoms with Gasteiger partial charge < -0.3 is 15.2 Å². The summed E-state index contributed by atoms with van der Waals surface area (Å²) >= 11 is 0. The van der Waals surface area contributed by atoms with Crippen molar-refractivity contribution >= 4 is 28.4 Å². The highest BCUT2D eigenvalue weighted by Gasteiger charge is 2.12. The van der Waals surface area contributed by atoms with E-state index in [2.05, 4.69) is 10.6 Å². The number of carbonyl (C=O) groups excluding carboxylic acids is 2. The van der Waals surface area contributed by atoms with Crippen LogP contribution in [0.3, 0.4) is 0 Å². The molecular weight excluding hydrogens is 356 g/mol. The number of nitrogens with one attached hydrogen (secondary N) is 2. The molecule has 0 aliphatic carbocycles. The molecule has 0 aliphatic heterocycles. The molecule has 0 unspecified atom stereocenters. The summed E-state index contributed by atoms with van der Waals surface area (Å²) in [5.41, 5.74) is 1.12. The van der Waals surface area contributed by atoms with Crippen molar-refractivity contribution in [2.45, 2.75) is 13.5 Å². The third kappa shape index (κ3) is 3.91. The second kappa shape index (κ2) is 8.18. The Morgan fingerprint density at radius 1 is 1.14 bits per heavy atom. The molecule has 7 heteroatoms. The minimum absolute atomic E-state index is 0.0234. The van der Waals surface area contributed by atoms with E-state index in [1.54, 1.807) is 53.1 Å². The molecule has 0 spiro atoms. The Hall–Kier alpha value is -3.92. The quantitative estimate of drug-likeness (QED) is 0.715. The van der Waals surface area contributed by atoms with Crippen molar-refractivity contribution in [3.05, 3.63) is 76.1 Å². The van der Waals surface area contributed by atoms with Crippen LogP contribution >= 0.6 is 0 Å². The molecule has 28 heavy (non-hydrogen) atoms. The van der Waals surface area contributed by atoms with E-state index in [9.17, 15) is 19.6 Å². The van der Waals surface area contributed by atoms with E-state index in [-0.39, 0.29) is 29.4 Å². The minimum atomic E-state index is -0.357. The van der Waals surface area contributed by atoms with Crippen LogP contribution in [0.25, 0.3) is 10.9 Å². The zero-order valence-corrected chi connectivity index (χ0v) is 15.2. The Morgan fingerprint density at radius 2 is 1.93 bits per heavy atom. The lowest BCUT2D eigenvalue weighted by Crippen LogP contribution is -2.23. The van der Waals surface area contributed by atoms with E-state index in [1.807, 2.05) is 13.0 Å². The van der Waals surface area contributed by atoms with Gasteiger partial charge >= 0.3 is 0 Å². The maximum absolute atomic E-state index is 12.5. The lowest BCUT2D eigenvalue weighted by molar-refractivity contribution is -0.116. The van der Waals surface area contributed by atoms with Crippen LogP contribution in [0.4, 0.5) is 5.69 Å². The number of hydrogen-bond acceptors (Lipinski definition) is 4. The maximum atomic E-state index is 12.5. The highest BCUT2D eigenvalue weighted by atomic mass is 16.2. The fourth-order valence-electron chi connectivity index (χ4n) is 2.91. The number of pyridine rings is 1. The SMILES string of the molecule is CCNC(=O)c1cccc(NC(=O)Cn2cc(C#N)c(=O)c3ccccc32)c1. The van der Waals surface area contributed by atoms with Gasteiger partial charge in [-0.2, -0.15) is 5.26 Å². The number of anilines is 1. The van der Waals surface area contributed by atoms with Gasteiger partial charge in [0, 0.05) is 29.4 Å². The molecule has 2 N–H and O–H groups in total. The van der Waals surface area contributed by atoms with E-state index in [1.165, 1.54) is 6.20 Å². The van der Waals surface area contributed by atoms with Crippen LogP contribution in [0, 0.1) is 11.3 Å². The van der Waals surface area contributed by atoms with Crippen LogP contribution in [0.15, 0.2) is 59.5 Å². The highest BCUT2D eigenvalue weighted by molar-refractivity contribution is 5.97.